The first-order valence-corrected chi connectivity index (χ1v) is 6.33. The van der Waals surface area contributed by atoms with Crippen LogP contribution in [-0.2, 0) is 6.42 Å². The topological polar surface area (TPSA) is 34.2 Å². The molecule has 0 saturated heterocycles. The van der Waals surface area contributed by atoms with Crippen molar-refractivity contribution in [1.82, 2.24) is 4.98 Å². The maximum absolute atomic E-state index is 5.34. The molecule has 0 aliphatic carbocycles. The van der Waals surface area contributed by atoms with Crippen molar-refractivity contribution in [2.24, 2.45) is 0 Å². The van der Waals surface area contributed by atoms with Gasteiger partial charge in [0, 0.05) is 23.1 Å². The minimum atomic E-state index is 0.790. The Morgan fingerprint density at radius 3 is 2.71 bits per heavy atom. The Kier molecular flexibility index (Phi) is 3.81. The minimum absolute atomic E-state index is 0.790. The van der Waals surface area contributed by atoms with Crippen LogP contribution in [-0.4, -0.2) is 19.2 Å². The lowest BCUT2D eigenvalue weighted by Crippen LogP contribution is -1.94. The molecule has 1 aromatic heterocycles. The van der Waals surface area contributed by atoms with Gasteiger partial charge in [-0.1, -0.05) is 0 Å². The van der Waals surface area contributed by atoms with Gasteiger partial charge in [-0.3, -0.25) is 0 Å². The molecule has 3 nitrogen and oxygen atoms in total. The average molecular weight is 267 g/mol. The highest BCUT2D eigenvalue weighted by atomic mass is 32.1. The second kappa shape index (κ2) is 5.33. The van der Waals surface area contributed by atoms with Gasteiger partial charge in [-0.15, -0.1) is 11.3 Å². The smallest absolute Gasteiger partial charge is 0.158 e. The quantitative estimate of drug-likeness (QED) is 0.862. The average Bonchev–Trinajstić information content (AvgIpc) is 2.74. The summed E-state index contributed by atoms with van der Waals surface area (Å²) in [6.45, 7) is 0. The van der Waals surface area contributed by atoms with E-state index in [9.17, 15) is 0 Å². The van der Waals surface area contributed by atoms with E-state index in [2.05, 4.69) is 4.98 Å². The maximum atomic E-state index is 5.34. The number of aromatic amines is 1. The number of ether oxygens (including phenoxy) is 2. The molecule has 0 amide bonds. The van der Waals surface area contributed by atoms with Crippen molar-refractivity contribution in [3.63, 3.8) is 0 Å². The molecule has 2 rings (SSSR count). The summed E-state index contributed by atoms with van der Waals surface area (Å²) in [6.07, 6.45) is 2.73. The molecule has 0 radical (unpaired) electrons. The maximum Gasteiger partial charge on any atom is 0.158 e. The summed E-state index contributed by atoms with van der Waals surface area (Å²) in [7, 11) is 3.33. The normalized spacial score (nSPS) is 10.2. The molecule has 0 unspecified atom stereocenters. The second-order valence-electron chi connectivity index (χ2n) is 3.50. The first-order valence-electron chi connectivity index (χ1n) is 5.11. The van der Waals surface area contributed by atoms with Gasteiger partial charge in [0.2, 0.25) is 0 Å². The van der Waals surface area contributed by atoms with Crippen molar-refractivity contribution in [2.45, 2.75) is 6.42 Å². The molecule has 0 aliphatic heterocycles. The van der Waals surface area contributed by atoms with Gasteiger partial charge in [0.25, 0.3) is 0 Å². The second-order valence-corrected chi connectivity index (χ2v) is 5.30. The Bertz CT molecular complexity index is 560. The molecular weight excluding hydrogens is 254 g/mol. The van der Waals surface area contributed by atoms with E-state index in [-0.39, 0.29) is 0 Å². The largest absolute Gasteiger partial charge is 0.497 e. The van der Waals surface area contributed by atoms with Crippen LogP contribution in [0.15, 0.2) is 24.4 Å². The van der Waals surface area contributed by atoms with E-state index >= 15 is 0 Å². The van der Waals surface area contributed by atoms with E-state index in [1.54, 1.807) is 25.6 Å². The fourth-order valence-corrected chi connectivity index (χ4v) is 2.69. The van der Waals surface area contributed by atoms with Crippen LogP contribution in [0.25, 0.3) is 0 Å². The van der Waals surface area contributed by atoms with Crippen molar-refractivity contribution in [3.8, 4) is 11.5 Å². The molecule has 5 heteroatoms. The van der Waals surface area contributed by atoms with Gasteiger partial charge in [-0.05, 0) is 30.4 Å². The Morgan fingerprint density at radius 1 is 1.29 bits per heavy atom. The molecule has 0 saturated carbocycles. The highest BCUT2D eigenvalue weighted by molar-refractivity contribution is 7.73. The number of rotatable bonds is 4. The first kappa shape index (κ1) is 12.1. The van der Waals surface area contributed by atoms with Crippen molar-refractivity contribution < 1.29 is 9.47 Å². The Labute approximate surface area is 109 Å². The molecule has 1 N–H and O–H groups in total. The van der Waals surface area contributed by atoms with Gasteiger partial charge in [-0.25, -0.2) is 0 Å². The number of hydrogen-bond acceptors (Lipinski definition) is 4. The number of benzene rings is 1. The third-order valence-corrected chi connectivity index (χ3v) is 3.62. The van der Waals surface area contributed by atoms with Gasteiger partial charge >= 0.3 is 0 Å². The molecule has 2 aromatic rings. The number of aromatic nitrogens is 1. The van der Waals surface area contributed by atoms with Crippen molar-refractivity contribution >= 4 is 23.6 Å². The summed E-state index contributed by atoms with van der Waals surface area (Å²) < 4.78 is 11.3. The number of H-pyrrole nitrogens is 1. The molecule has 0 aliphatic rings. The highest BCUT2D eigenvalue weighted by Gasteiger charge is 2.07. The van der Waals surface area contributed by atoms with Crippen LogP contribution in [0.5, 0.6) is 11.5 Å². The van der Waals surface area contributed by atoms with E-state index in [1.807, 2.05) is 24.4 Å². The van der Waals surface area contributed by atoms with Crippen molar-refractivity contribution in [1.29, 1.82) is 0 Å². The Balaban J connectivity index is 2.32. The third-order valence-electron chi connectivity index (χ3n) is 2.43. The standard InChI is InChI=1S/C12H13NO2S2/c1-14-9-3-4-11(15-2)8(5-9)6-10-7-13-12(16)17-10/h3-5,7H,6H2,1-2H3,(H,13,16). The molecule has 0 atom stereocenters. The van der Waals surface area contributed by atoms with E-state index in [0.717, 1.165) is 27.4 Å². The van der Waals surface area contributed by atoms with Gasteiger partial charge in [0.05, 0.1) is 14.2 Å². The highest BCUT2D eigenvalue weighted by Crippen LogP contribution is 2.27. The zero-order valence-corrected chi connectivity index (χ0v) is 11.3. The van der Waals surface area contributed by atoms with Crippen LogP contribution in [0.2, 0.25) is 0 Å². The van der Waals surface area contributed by atoms with Gasteiger partial charge < -0.3 is 14.5 Å². The monoisotopic (exact) mass is 267 g/mol. The minimum Gasteiger partial charge on any atom is -0.497 e. The summed E-state index contributed by atoms with van der Waals surface area (Å²) in [6, 6.07) is 5.79. The van der Waals surface area contributed by atoms with Crippen molar-refractivity contribution in [3.05, 3.63) is 38.8 Å². The van der Waals surface area contributed by atoms with Crippen LogP contribution >= 0.6 is 23.6 Å². The zero-order chi connectivity index (χ0) is 12.3. The number of nitrogens with one attached hydrogen (secondary N) is 1. The van der Waals surface area contributed by atoms with Crippen LogP contribution in [0.3, 0.4) is 0 Å². The first-order chi connectivity index (χ1) is 8.22. The Hall–Kier alpha value is -1.33. The molecule has 17 heavy (non-hydrogen) atoms. The lowest BCUT2D eigenvalue weighted by molar-refractivity contribution is 0.399. The summed E-state index contributed by atoms with van der Waals surface area (Å²) in [5, 5.41) is 0. The van der Waals surface area contributed by atoms with E-state index in [1.165, 1.54) is 4.88 Å². The molecule has 90 valence electrons. The van der Waals surface area contributed by atoms with Crippen LogP contribution < -0.4 is 9.47 Å². The number of methoxy groups -OCH3 is 2. The number of thiazole rings is 1. The lowest BCUT2D eigenvalue weighted by Gasteiger charge is -2.09. The zero-order valence-electron chi connectivity index (χ0n) is 9.65. The molecular formula is C12H13NO2S2. The van der Waals surface area contributed by atoms with Gasteiger partial charge in [0.15, 0.2) is 3.95 Å². The summed E-state index contributed by atoms with van der Waals surface area (Å²) >= 11 is 6.64. The third kappa shape index (κ3) is 2.87. The van der Waals surface area contributed by atoms with Crippen LogP contribution in [0, 0.1) is 3.95 Å². The van der Waals surface area contributed by atoms with Crippen LogP contribution in [0.1, 0.15) is 10.4 Å². The Morgan fingerprint density at radius 2 is 2.12 bits per heavy atom. The van der Waals surface area contributed by atoms with Crippen molar-refractivity contribution in [2.75, 3.05) is 14.2 Å². The van der Waals surface area contributed by atoms with Crippen LogP contribution in [0.4, 0.5) is 0 Å². The predicted molar refractivity (Wildman–Crippen MR) is 71.9 cm³/mol. The summed E-state index contributed by atoms with van der Waals surface area (Å²) in [4.78, 5) is 4.20. The lowest BCUT2D eigenvalue weighted by atomic mass is 10.1. The molecule has 0 spiro atoms. The van der Waals surface area contributed by atoms with Gasteiger partial charge in [0.1, 0.15) is 11.5 Å². The molecule has 1 heterocycles. The van der Waals surface area contributed by atoms with E-state index < -0.39 is 0 Å². The SMILES string of the molecule is COc1ccc(OC)c(Cc2c[nH]c(=S)s2)c1. The van der Waals surface area contributed by atoms with E-state index in [4.69, 9.17) is 21.7 Å². The van der Waals surface area contributed by atoms with E-state index in [0.29, 0.717) is 0 Å². The van der Waals surface area contributed by atoms with Gasteiger partial charge in [-0.2, -0.15) is 0 Å². The molecule has 1 aromatic carbocycles. The number of hydrogen-bond donors (Lipinski definition) is 1. The fourth-order valence-electron chi connectivity index (χ4n) is 1.61. The molecule has 0 fully saturated rings. The summed E-state index contributed by atoms with van der Waals surface area (Å²) in [5.41, 5.74) is 1.09. The summed E-state index contributed by atoms with van der Waals surface area (Å²) in [5.74, 6) is 1.70. The predicted octanol–water partition coefficient (Wildman–Crippen LogP) is 3.41. The fraction of sp³-hybridized carbons (Fsp3) is 0.250. The molecule has 0 bridgehead atoms.